The number of nitrogens with one attached hydrogen (secondary N) is 2. The monoisotopic (exact) mass is 394 g/mol. The van der Waals surface area contributed by atoms with Gasteiger partial charge in [0.25, 0.3) is 5.91 Å². The summed E-state index contributed by atoms with van der Waals surface area (Å²) >= 11 is 1.40. The molecule has 0 saturated carbocycles. The topological polar surface area (TPSA) is 67.4 Å². The molecule has 2 aromatic carbocycles. The van der Waals surface area contributed by atoms with Gasteiger partial charge in [0.1, 0.15) is 12.4 Å². The van der Waals surface area contributed by atoms with Crippen molar-refractivity contribution in [2.45, 2.75) is 6.92 Å². The summed E-state index contributed by atoms with van der Waals surface area (Å²) in [5.41, 5.74) is 2.08. The largest absolute Gasteiger partial charge is 0.491 e. The van der Waals surface area contributed by atoms with Crippen LogP contribution in [0.5, 0.6) is 5.75 Å². The van der Waals surface area contributed by atoms with Crippen molar-refractivity contribution < 1.29 is 14.3 Å². The van der Waals surface area contributed by atoms with Crippen LogP contribution in [0.1, 0.15) is 14.5 Å². The Balaban J connectivity index is 1.42. The average molecular weight is 394 g/mol. The van der Waals surface area contributed by atoms with Gasteiger partial charge in [-0.2, -0.15) is 0 Å². The highest BCUT2D eigenvalue weighted by Crippen LogP contribution is 2.29. The molecule has 144 valence electrons. The van der Waals surface area contributed by atoms with Crippen LogP contribution in [-0.2, 0) is 4.79 Å². The molecule has 1 aromatic heterocycles. The van der Waals surface area contributed by atoms with Gasteiger partial charge in [0.15, 0.2) is 0 Å². The number of rotatable bonds is 8. The number of ether oxygens (including phenoxy) is 1. The van der Waals surface area contributed by atoms with Crippen LogP contribution in [0.4, 0.5) is 0 Å². The lowest BCUT2D eigenvalue weighted by Crippen LogP contribution is -2.38. The summed E-state index contributed by atoms with van der Waals surface area (Å²) < 4.78 is 5.84. The predicted molar refractivity (Wildman–Crippen MR) is 112 cm³/mol. The zero-order chi connectivity index (χ0) is 19.8. The van der Waals surface area contributed by atoms with E-state index in [2.05, 4.69) is 10.6 Å². The molecule has 0 spiro atoms. The number of benzene rings is 2. The smallest absolute Gasteiger partial charge is 0.261 e. The Hall–Kier alpha value is -3.12. The van der Waals surface area contributed by atoms with Crippen molar-refractivity contribution >= 4 is 23.2 Å². The number of aryl methyl sites for hydroxylation is 1. The fourth-order valence-corrected chi connectivity index (χ4v) is 3.45. The molecular weight excluding hydrogens is 372 g/mol. The third kappa shape index (κ3) is 5.44. The molecule has 0 unspecified atom stereocenters. The van der Waals surface area contributed by atoms with Gasteiger partial charge in [-0.1, -0.05) is 48.5 Å². The summed E-state index contributed by atoms with van der Waals surface area (Å²) in [6.07, 6.45) is 0. The maximum atomic E-state index is 11.9. The van der Waals surface area contributed by atoms with E-state index < -0.39 is 0 Å². The summed E-state index contributed by atoms with van der Waals surface area (Å²) in [7, 11) is 0. The molecule has 3 rings (SSSR count). The van der Waals surface area contributed by atoms with Crippen LogP contribution < -0.4 is 15.4 Å². The van der Waals surface area contributed by atoms with Gasteiger partial charge in [0, 0.05) is 10.4 Å². The van der Waals surface area contributed by atoms with Crippen molar-refractivity contribution in [3.8, 4) is 16.9 Å². The van der Waals surface area contributed by atoms with Gasteiger partial charge in [-0.25, -0.2) is 0 Å². The molecule has 0 bridgehead atoms. The van der Waals surface area contributed by atoms with Crippen LogP contribution in [0.25, 0.3) is 11.1 Å². The molecule has 1 heterocycles. The minimum Gasteiger partial charge on any atom is -0.491 e. The Morgan fingerprint density at radius 3 is 2.43 bits per heavy atom. The molecule has 2 amide bonds. The lowest BCUT2D eigenvalue weighted by Gasteiger charge is -2.12. The fourth-order valence-electron chi connectivity index (χ4n) is 2.67. The Kier molecular flexibility index (Phi) is 6.81. The van der Waals surface area contributed by atoms with Crippen molar-refractivity contribution in [2.75, 3.05) is 19.7 Å². The number of thiophene rings is 1. The average Bonchev–Trinajstić information content (AvgIpc) is 3.17. The molecule has 0 saturated heterocycles. The van der Waals surface area contributed by atoms with E-state index in [1.54, 1.807) is 6.07 Å². The molecule has 0 fully saturated rings. The molecule has 0 atom stereocenters. The van der Waals surface area contributed by atoms with Crippen LogP contribution in [0.15, 0.2) is 66.7 Å². The Bertz CT molecular complexity index is 938. The van der Waals surface area contributed by atoms with Gasteiger partial charge in [-0.3, -0.25) is 9.59 Å². The standard InChI is InChI=1S/C22H22N2O3S/c1-16-11-12-20(28-16)22(26)24-15-21(25)23-13-14-27-19-10-6-5-9-18(19)17-7-3-2-4-8-17/h2-12H,13-15H2,1H3,(H,23,25)(H,24,26). The molecule has 0 aliphatic carbocycles. The number of carbonyl (C=O) groups excluding carboxylic acids is 2. The lowest BCUT2D eigenvalue weighted by atomic mass is 10.1. The molecule has 0 aliphatic heterocycles. The van der Waals surface area contributed by atoms with Crippen LogP contribution >= 0.6 is 11.3 Å². The number of hydrogen-bond donors (Lipinski definition) is 2. The fraction of sp³-hybridized carbons (Fsp3) is 0.182. The second-order valence-electron chi connectivity index (χ2n) is 6.15. The SMILES string of the molecule is Cc1ccc(C(=O)NCC(=O)NCCOc2ccccc2-c2ccccc2)s1. The summed E-state index contributed by atoms with van der Waals surface area (Å²) in [4.78, 5) is 25.5. The molecule has 0 radical (unpaired) electrons. The molecule has 5 nitrogen and oxygen atoms in total. The maximum Gasteiger partial charge on any atom is 0.261 e. The predicted octanol–water partition coefficient (Wildman–Crippen LogP) is 3.65. The Morgan fingerprint density at radius 1 is 0.929 bits per heavy atom. The summed E-state index contributed by atoms with van der Waals surface area (Å²) in [6.45, 7) is 2.57. The van der Waals surface area contributed by atoms with Crippen LogP contribution in [0.3, 0.4) is 0 Å². The van der Waals surface area contributed by atoms with Crippen LogP contribution in [0.2, 0.25) is 0 Å². The number of para-hydroxylation sites is 1. The van der Waals surface area contributed by atoms with Gasteiger partial charge >= 0.3 is 0 Å². The summed E-state index contributed by atoms with van der Waals surface area (Å²) in [6, 6.07) is 21.4. The second-order valence-corrected chi connectivity index (χ2v) is 7.44. The van der Waals surface area contributed by atoms with E-state index in [9.17, 15) is 9.59 Å². The van der Waals surface area contributed by atoms with E-state index in [4.69, 9.17) is 4.74 Å². The van der Waals surface area contributed by atoms with E-state index in [1.807, 2.05) is 67.6 Å². The van der Waals surface area contributed by atoms with Crippen molar-refractivity contribution in [1.29, 1.82) is 0 Å². The Labute approximate surface area is 168 Å². The van der Waals surface area contributed by atoms with Crippen molar-refractivity contribution in [3.05, 3.63) is 76.5 Å². The highest BCUT2D eigenvalue weighted by atomic mass is 32.1. The van der Waals surface area contributed by atoms with E-state index in [1.165, 1.54) is 11.3 Å². The summed E-state index contributed by atoms with van der Waals surface area (Å²) in [5, 5.41) is 5.37. The third-order valence-electron chi connectivity index (χ3n) is 4.03. The van der Waals surface area contributed by atoms with Gasteiger partial charge < -0.3 is 15.4 Å². The number of hydrogen-bond acceptors (Lipinski definition) is 4. The molecular formula is C22H22N2O3S. The molecule has 2 N–H and O–H groups in total. The Morgan fingerprint density at radius 2 is 1.68 bits per heavy atom. The first-order chi connectivity index (χ1) is 13.6. The van der Waals surface area contributed by atoms with Crippen molar-refractivity contribution in [1.82, 2.24) is 10.6 Å². The minimum atomic E-state index is -0.249. The first kappa shape index (κ1) is 19.6. The second kappa shape index (κ2) is 9.71. The maximum absolute atomic E-state index is 11.9. The lowest BCUT2D eigenvalue weighted by molar-refractivity contribution is -0.120. The highest BCUT2D eigenvalue weighted by Gasteiger charge is 2.10. The summed E-state index contributed by atoms with van der Waals surface area (Å²) in [5.74, 6) is 0.284. The quantitative estimate of drug-likeness (QED) is 0.573. The first-order valence-electron chi connectivity index (χ1n) is 9.02. The van der Waals surface area contributed by atoms with Crippen LogP contribution in [0, 0.1) is 6.92 Å². The van der Waals surface area contributed by atoms with Crippen molar-refractivity contribution in [3.63, 3.8) is 0 Å². The van der Waals surface area contributed by atoms with E-state index >= 15 is 0 Å². The highest BCUT2D eigenvalue weighted by molar-refractivity contribution is 7.13. The van der Waals surface area contributed by atoms with E-state index in [0.29, 0.717) is 18.0 Å². The van der Waals surface area contributed by atoms with E-state index in [0.717, 1.165) is 21.8 Å². The van der Waals surface area contributed by atoms with Gasteiger partial charge in [-0.05, 0) is 30.7 Å². The molecule has 3 aromatic rings. The first-order valence-corrected chi connectivity index (χ1v) is 9.84. The van der Waals surface area contributed by atoms with Gasteiger partial charge in [0.05, 0.1) is 18.0 Å². The normalized spacial score (nSPS) is 10.3. The van der Waals surface area contributed by atoms with Gasteiger partial charge in [0.2, 0.25) is 5.91 Å². The number of amides is 2. The molecule has 28 heavy (non-hydrogen) atoms. The third-order valence-corrected chi connectivity index (χ3v) is 5.03. The van der Waals surface area contributed by atoms with Gasteiger partial charge in [-0.15, -0.1) is 11.3 Å². The zero-order valence-corrected chi connectivity index (χ0v) is 16.4. The molecule has 6 heteroatoms. The zero-order valence-electron chi connectivity index (χ0n) is 15.6. The number of carbonyl (C=O) groups is 2. The molecule has 0 aliphatic rings. The van der Waals surface area contributed by atoms with Crippen LogP contribution in [-0.4, -0.2) is 31.5 Å². The van der Waals surface area contributed by atoms with E-state index in [-0.39, 0.29) is 18.4 Å². The van der Waals surface area contributed by atoms with Crippen molar-refractivity contribution in [2.24, 2.45) is 0 Å². The minimum absolute atomic E-state index is 0.0591.